The molecule has 0 radical (unpaired) electrons. The van der Waals surface area contributed by atoms with Crippen LogP contribution in [0.4, 0.5) is 0 Å². The fourth-order valence-electron chi connectivity index (χ4n) is 3.14. The van der Waals surface area contributed by atoms with E-state index >= 15 is 0 Å². The van der Waals surface area contributed by atoms with E-state index in [0.29, 0.717) is 32.4 Å². The van der Waals surface area contributed by atoms with Gasteiger partial charge in [-0.25, -0.2) is 0 Å². The molecule has 27 heavy (non-hydrogen) atoms. The van der Waals surface area contributed by atoms with Crippen LogP contribution in [-0.2, 0) is 22.6 Å². The lowest BCUT2D eigenvalue weighted by atomic mass is 10.1. The highest BCUT2D eigenvalue weighted by Crippen LogP contribution is 2.15. The van der Waals surface area contributed by atoms with Gasteiger partial charge in [-0.05, 0) is 37.8 Å². The molecule has 0 heterocycles. The summed E-state index contributed by atoms with van der Waals surface area (Å²) in [7, 11) is 0. The van der Waals surface area contributed by atoms with E-state index in [2.05, 4.69) is 5.32 Å². The van der Waals surface area contributed by atoms with Crippen molar-refractivity contribution in [2.45, 2.75) is 52.6 Å². The number of amides is 2. The summed E-state index contributed by atoms with van der Waals surface area (Å²) >= 11 is 0. The molecule has 0 saturated carbocycles. The summed E-state index contributed by atoms with van der Waals surface area (Å²) < 4.78 is 0. The lowest BCUT2D eigenvalue weighted by Gasteiger charge is -2.30. The first kappa shape index (κ1) is 20.7. The molecule has 2 aromatic carbocycles. The Bertz CT molecular complexity index is 726. The average molecular weight is 367 g/mol. The summed E-state index contributed by atoms with van der Waals surface area (Å²) in [4.78, 5) is 27.3. The van der Waals surface area contributed by atoms with E-state index in [9.17, 15) is 9.59 Å². The van der Waals surface area contributed by atoms with Crippen molar-refractivity contribution in [1.82, 2.24) is 10.2 Å². The van der Waals surface area contributed by atoms with Gasteiger partial charge in [-0.2, -0.15) is 0 Å². The second-order valence-corrected chi connectivity index (χ2v) is 6.81. The van der Waals surface area contributed by atoms with Crippen LogP contribution in [0.3, 0.4) is 0 Å². The number of hydrogen-bond acceptors (Lipinski definition) is 2. The lowest BCUT2D eigenvalue weighted by molar-refractivity contribution is -0.141. The van der Waals surface area contributed by atoms with Crippen LogP contribution in [0.1, 0.15) is 43.4 Å². The molecule has 2 rings (SSSR count). The molecule has 2 aromatic rings. The molecule has 0 spiro atoms. The molecule has 2 amide bonds. The van der Waals surface area contributed by atoms with Crippen molar-refractivity contribution in [3.05, 3.63) is 71.3 Å². The number of hydrogen-bond donors (Lipinski definition) is 1. The predicted octanol–water partition coefficient (Wildman–Crippen LogP) is 3.87. The van der Waals surface area contributed by atoms with Crippen molar-refractivity contribution in [3.8, 4) is 0 Å². The van der Waals surface area contributed by atoms with Crippen LogP contribution in [0.25, 0.3) is 0 Å². The third-order valence-electron chi connectivity index (χ3n) is 4.68. The van der Waals surface area contributed by atoms with E-state index in [1.54, 1.807) is 4.90 Å². The minimum Gasteiger partial charge on any atom is -0.355 e. The van der Waals surface area contributed by atoms with Gasteiger partial charge in [-0.1, -0.05) is 67.1 Å². The van der Waals surface area contributed by atoms with E-state index in [4.69, 9.17) is 0 Å². The number of carbonyl (C=O) groups excluding carboxylic acids is 2. The van der Waals surface area contributed by atoms with Crippen molar-refractivity contribution >= 4 is 11.8 Å². The molecule has 0 bridgehead atoms. The highest BCUT2D eigenvalue weighted by atomic mass is 16.2. The molecule has 4 heteroatoms. The van der Waals surface area contributed by atoms with Crippen LogP contribution in [0.15, 0.2) is 54.6 Å². The molecular formula is C23H30N2O2. The Kier molecular flexibility index (Phi) is 8.05. The van der Waals surface area contributed by atoms with Crippen LogP contribution in [-0.4, -0.2) is 29.3 Å². The summed E-state index contributed by atoms with van der Waals surface area (Å²) in [5.41, 5.74) is 3.35. The summed E-state index contributed by atoms with van der Waals surface area (Å²) in [5.74, 6) is -0.0716. The Balaban J connectivity index is 2.17. The van der Waals surface area contributed by atoms with Crippen LogP contribution >= 0.6 is 0 Å². The van der Waals surface area contributed by atoms with Gasteiger partial charge in [-0.3, -0.25) is 9.59 Å². The Morgan fingerprint density at radius 2 is 1.63 bits per heavy atom. The standard InChI is InChI=1S/C23H30N2O2/c1-4-21(23(27)24-5-2)25(17-20-13-11-18(3)12-14-20)22(26)16-15-19-9-7-6-8-10-19/h6-14,21H,4-5,15-17H2,1-3H3,(H,24,27)/t21-/m0/s1. The molecule has 0 fully saturated rings. The second-order valence-electron chi connectivity index (χ2n) is 6.81. The van der Waals surface area contributed by atoms with Gasteiger partial charge < -0.3 is 10.2 Å². The van der Waals surface area contributed by atoms with Gasteiger partial charge in [0.2, 0.25) is 11.8 Å². The van der Waals surface area contributed by atoms with E-state index in [-0.39, 0.29) is 11.8 Å². The highest BCUT2D eigenvalue weighted by Gasteiger charge is 2.27. The van der Waals surface area contributed by atoms with Crippen LogP contribution in [0.5, 0.6) is 0 Å². The van der Waals surface area contributed by atoms with E-state index in [1.165, 1.54) is 5.56 Å². The molecule has 0 aromatic heterocycles. The molecular weight excluding hydrogens is 336 g/mol. The molecule has 0 saturated heterocycles. The number of nitrogens with zero attached hydrogens (tertiary/aromatic N) is 1. The Hall–Kier alpha value is -2.62. The molecule has 0 aliphatic carbocycles. The topological polar surface area (TPSA) is 49.4 Å². The maximum Gasteiger partial charge on any atom is 0.242 e. The normalized spacial score (nSPS) is 11.7. The minimum absolute atomic E-state index is 0.0116. The lowest BCUT2D eigenvalue weighted by Crippen LogP contribution is -2.49. The zero-order valence-electron chi connectivity index (χ0n) is 16.6. The summed E-state index contributed by atoms with van der Waals surface area (Å²) in [6, 6.07) is 17.7. The monoisotopic (exact) mass is 366 g/mol. The second kappa shape index (κ2) is 10.5. The fraction of sp³-hybridized carbons (Fsp3) is 0.391. The van der Waals surface area contributed by atoms with Gasteiger partial charge in [-0.15, -0.1) is 0 Å². The van der Waals surface area contributed by atoms with Crippen LogP contribution in [0, 0.1) is 6.92 Å². The van der Waals surface area contributed by atoms with Crippen molar-refractivity contribution in [2.75, 3.05) is 6.54 Å². The first-order valence-electron chi connectivity index (χ1n) is 9.71. The van der Waals surface area contributed by atoms with Crippen LogP contribution < -0.4 is 5.32 Å². The van der Waals surface area contributed by atoms with E-state index in [0.717, 1.165) is 11.1 Å². The van der Waals surface area contributed by atoms with E-state index < -0.39 is 6.04 Å². The maximum absolute atomic E-state index is 13.0. The van der Waals surface area contributed by atoms with Gasteiger partial charge in [0.05, 0.1) is 0 Å². The van der Waals surface area contributed by atoms with Crippen molar-refractivity contribution in [1.29, 1.82) is 0 Å². The predicted molar refractivity (Wildman–Crippen MR) is 109 cm³/mol. The molecule has 0 aliphatic heterocycles. The number of likely N-dealkylation sites (N-methyl/N-ethyl adjacent to an activating group) is 1. The third-order valence-corrected chi connectivity index (χ3v) is 4.68. The highest BCUT2D eigenvalue weighted by molar-refractivity contribution is 5.87. The summed E-state index contributed by atoms with van der Waals surface area (Å²) in [6.07, 6.45) is 1.66. The van der Waals surface area contributed by atoms with Crippen LogP contribution in [0.2, 0.25) is 0 Å². The van der Waals surface area contributed by atoms with Crippen molar-refractivity contribution < 1.29 is 9.59 Å². The quantitative estimate of drug-likeness (QED) is 0.732. The molecule has 1 atom stereocenters. The molecule has 1 N–H and O–H groups in total. The number of carbonyl (C=O) groups is 2. The largest absolute Gasteiger partial charge is 0.355 e. The number of aryl methyl sites for hydroxylation is 2. The van der Waals surface area contributed by atoms with Crippen molar-refractivity contribution in [3.63, 3.8) is 0 Å². The van der Waals surface area contributed by atoms with Gasteiger partial charge in [0.25, 0.3) is 0 Å². The molecule has 0 unspecified atom stereocenters. The molecule has 0 aliphatic rings. The van der Waals surface area contributed by atoms with Crippen molar-refractivity contribution in [2.24, 2.45) is 0 Å². The Labute approximate surface area is 162 Å². The summed E-state index contributed by atoms with van der Waals surface area (Å²) in [5, 5.41) is 2.87. The minimum atomic E-state index is -0.450. The molecule has 4 nitrogen and oxygen atoms in total. The third kappa shape index (κ3) is 6.24. The van der Waals surface area contributed by atoms with Gasteiger partial charge >= 0.3 is 0 Å². The number of rotatable bonds is 9. The number of nitrogens with one attached hydrogen (secondary N) is 1. The molecule has 144 valence electrons. The first-order chi connectivity index (χ1) is 13.0. The smallest absolute Gasteiger partial charge is 0.242 e. The Morgan fingerprint density at radius 3 is 2.22 bits per heavy atom. The number of benzene rings is 2. The summed E-state index contributed by atoms with van der Waals surface area (Å²) in [6.45, 7) is 6.89. The van der Waals surface area contributed by atoms with E-state index in [1.807, 2.05) is 75.4 Å². The fourth-order valence-corrected chi connectivity index (χ4v) is 3.14. The zero-order valence-corrected chi connectivity index (χ0v) is 16.6. The van der Waals surface area contributed by atoms with Gasteiger partial charge in [0.15, 0.2) is 0 Å². The SMILES string of the molecule is CCNC(=O)[C@H](CC)N(Cc1ccc(C)cc1)C(=O)CCc1ccccc1. The van der Waals surface area contributed by atoms with Gasteiger partial charge in [0, 0.05) is 19.5 Å². The first-order valence-corrected chi connectivity index (χ1v) is 9.71. The average Bonchev–Trinajstić information content (AvgIpc) is 2.68. The van der Waals surface area contributed by atoms with Gasteiger partial charge in [0.1, 0.15) is 6.04 Å². The Morgan fingerprint density at radius 1 is 0.963 bits per heavy atom. The zero-order chi connectivity index (χ0) is 19.6. The maximum atomic E-state index is 13.0.